The molecule has 2 N–H and O–H groups in total. The first-order valence-corrected chi connectivity index (χ1v) is 6.19. The van der Waals surface area contributed by atoms with Crippen LogP contribution in [0.25, 0.3) is 0 Å². The minimum Gasteiger partial charge on any atom is -0.481 e. The van der Waals surface area contributed by atoms with Gasteiger partial charge in [-0.1, -0.05) is 20.8 Å². The van der Waals surface area contributed by atoms with Gasteiger partial charge in [0.2, 0.25) is 0 Å². The van der Waals surface area contributed by atoms with E-state index in [9.17, 15) is 4.79 Å². The van der Waals surface area contributed by atoms with Crippen molar-refractivity contribution in [1.29, 1.82) is 0 Å². The SMILES string of the molecule is CC(C)(C)c1nccc(NC2CC(C(=O)O)C2)n1. The first-order valence-electron chi connectivity index (χ1n) is 6.19. The van der Waals surface area contributed by atoms with Gasteiger partial charge in [-0.15, -0.1) is 0 Å². The monoisotopic (exact) mass is 249 g/mol. The molecule has 1 aliphatic rings. The van der Waals surface area contributed by atoms with E-state index < -0.39 is 5.97 Å². The van der Waals surface area contributed by atoms with Crippen LogP contribution in [0, 0.1) is 5.92 Å². The molecule has 5 nitrogen and oxygen atoms in total. The zero-order chi connectivity index (χ0) is 13.3. The minimum atomic E-state index is -0.703. The topological polar surface area (TPSA) is 75.1 Å². The van der Waals surface area contributed by atoms with Crippen molar-refractivity contribution in [3.8, 4) is 0 Å². The van der Waals surface area contributed by atoms with E-state index in [2.05, 4.69) is 36.1 Å². The molecule has 0 bridgehead atoms. The molecule has 2 rings (SSSR count). The van der Waals surface area contributed by atoms with E-state index in [-0.39, 0.29) is 17.4 Å². The van der Waals surface area contributed by atoms with Crippen LogP contribution in [-0.4, -0.2) is 27.1 Å². The molecule has 5 heteroatoms. The predicted molar refractivity (Wildman–Crippen MR) is 68.5 cm³/mol. The van der Waals surface area contributed by atoms with E-state index in [0.717, 1.165) is 11.6 Å². The highest BCUT2D eigenvalue weighted by atomic mass is 16.4. The molecule has 0 amide bonds. The van der Waals surface area contributed by atoms with Crippen LogP contribution >= 0.6 is 0 Å². The maximum absolute atomic E-state index is 10.7. The van der Waals surface area contributed by atoms with E-state index in [1.54, 1.807) is 6.20 Å². The number of anilines is 1. The molecule has 0 unspecified atom stereocenters. The first kappa shape index (κ1) is 12.8. The van der Waals surface area contributed by atoms with Crippen LogP contribution < -0.4 is 5.32 Å². The van der Waals surface area contributed by atoms with Gasteiger partial charge in [-0.2, -0.15) is 0 Å². The maximum atomic E-state index is 10.7. The Morgan fingerprint density at radius 1 is 1.44 bits per heavy atom. The van der Waals surface area contributed by atoms with Crippen molar-refractivity contribution >= 4 is 11.8 Å². The fourth-order valence-electron chi connectivity index (χ4n) is 1.95. The summed E-state index contributed by atoms with van der Waals surface area (Å²) >= 11 is 0. The summed E-state index contributed by atoms with van der Waals surface area (Å²) in [6.07, 6.45) is 3.08. The third-order valence-electron chi connectivity index (χ3n) is 3.17. The van der Waals surface area contributed by atoms with Crippen LogP contribution in [0.15, 0.2) is 12.3 Å². The molecule has 0 radical (unpaired) electrons. The second-order valence-corrected chi connectivity index (χ2v) is 5.86. The quantitative estimate of drug-likeness (QED) is 0.857. The van der Waals surface area contributed by atoms with Crippen molar-refractivity contribution in [3.05, 3.63) is 18.1 Å². The predicted octanol–water partition coefficient (Wildman–Crippen LogP) is 2.05. The van der Waals surface area contributed by atoms with Crippen molar-refractivity contribution in [2.45, 2.75) is 45.1 Å². The molecule has 98 valence electrons. The lowest BCUT2D eigenvalue weighted by molar-refractivity contribution is -0.144. The molecule has 18 heavy (non-hydrogen) atoms. The molecule has 0 aliphatic heterocycles. The lowest BCUT2D eigenvalue weighted by Gasteiger charge is -2.33. The van der Waals surface area contributed by atoms with E-state index in [0.29, 0.717) is 12.8 Å². The van der Waals surface area contributed by atoms with Gasteiger partial charge in [0, 0.05) is 17.7 Å². The second-order valence-electron chi connectivity index (χ2n) is 5.86. The standard InChI is InChI=1S/C13H19N3O2/c1-13(2,3)12-14-5-4-10(16-12)15-9-6-8(7-9)11(17)18/h4-5,8-9H,6-7H2,1-3H3,(H,17,18)(H,14,15,16). The third kappa shape index (κ3) is 2.78. The summed E-state index contributed by atoms with van der Waals surface area (Å²) in [5.74, 6) is 0.669. The fraction of sp³-hybridized carbons (Fsp3) is 0.615. The molecule has 1 heterocycles. The van der Waals surface area contributed by atoms with Crippen LogP contribution in [0.5, 0.6) is 0 Å². The average Bonchev–Trinajstić information content (AvgIpc) is 2.21. The van der Waals surface area contributed by atoms with E-state index in [1.165, 1.54) is 0 Å². The number of nitrogens with one attached hydrogen (secondary N) is 1. The van der Waals surface area contributed by atoms with Gasteiger partial charge in [-0.05, 0) is 18.9 Å². The van der Waals surface area contributed by atoms with Gasteiger partial charge < -0.3 is 10.4 Å². The number of hydrogen-bond acceptors (Lipinski definition) is 4. The Morgan fingerprint density at radius 3 is 2.67 bits per heavy atom. The van der Waals surface area contributed by atoms with Gasteiger partial charge in [0.15, 0.2) is 0 Å². The zero-order valence-electron chi connectivity index (χ0n) is 11.0. The van der Waals surface area contributed by atoms with Gasteiger partial charge in [-0.3, -0.25) is 4.79 Å². The molecule has 1 aromatic rings. The normalized spacial score (nSPS) is 23.3. The van der Waals surface area contributed by atoms with Crippen molar-refractivity contribution < 1.29 is 9.90 Å². The summed E-state index contributed by atoms with van der Waals surface area (Å²) in [5.41, 5.74) is -0.0824. The molecule has 1 fully saturated rings. The highest BCUT2D eigenvalue weighted by Crippen LogP contribution is 2.30. The number of rotatable bonds is 3. The molecule has 0 saturated heterocycles. The Morgan fingerprint density at radius 2 is 2.11 bits per heavy atom. The van der Waals surface area contributed by atoms with Crippen LogP contribution in [-0.2, 0) is 10.2 Å². The number of carboxylic acids is 1. The Balaban J connectivity index is 1.97. The molecular formula is C13H19N3O2. The highest BCUT2D eigenvalue weighted by Gasteiger charge is 2.34. The maximum Gasteiger partial charge on any atom is 0.306 e. The number of carbonyl (C=O) groups is 1. The summed E-state index contributed by atoms with van der Waals surface area (Å²) in [7, 11) is 0. The molecule has 0 aromatic carbocycles. The zero-order valence-corrected chi connectivity index (χ0v) is 11.0. The number of aromatic nitrogens is 2. The van der Waals surface area contributed by atoms with Crippen molar-refractivity contribution in [1.82, 2.24) is 9.97 Å². The molecule has 1 saturated carbocycles. The van der Waals surface area contributed by atoms with Gasteiger partial charge in [-0.25, -0.2) is 9.97 Å². The van der Waals surface area contributed by atoms with Crippen molar-refractivity contribution in [2.75, 3.05) is 5.32 Å². The highest BCUT2D eigenvalue weighted by molar-refractivity contribution is 5.71. The largest absolute Gasteiger partial charge is 0.481 e. The van der Waals surface area contributed by atoms with Gasteiger partial charge in [0.05, 0.1) is 5.92 Å². The summed E-state index contributed by atoms with van der Waals surface area (Å²) < 4.78 is 0. The molecule has 1 aliphatic carbocycles. The summed E-state index contributed by atoms with van der Waals surface area (Å²) in [4.78, 5) is 19.4. The first-order chi connectivity index (χ1) is 8.36. The van der Waals surface area contributed by atoms with E-state index in [1.807, 2.05) is 6.07 Å². The Bertz CT molecular complexity index is 448. The van der Waals surface area contributed by atoms with E-state index in [4.69, 9.17) is 5.11 Å². The van der Waals surface area contributed by atoms with Crippen LogP contribution in [0.1, 0.15) is 39.4 Å². The fourth-order valence-corrected chi connectivity index (χ4v) is 1.95. The number of hydrogen-bond donors (Lipinski definition) is 2. The lowest BCUT2D eigenvalue weighted by atomic mass is 9.80. The van der Waals surface area contributed by atoms with Crippen LogP contribution in [0.2, 0.25) is 0 Å². The van der Waals surface area contributed by atoms with Gasteiger partial charge in [0.25, 0.3) is 0 Å². The van der Waals surface area contributed by atoms with Crippen LogP contribution in [0.4, 0.5) is 5.82 Å². The second kappa shape index (κ2) is 4.55. The third-order valence-corrected chi connectivity index (χ3v) is 3.17. The average molecular weight is 249 g/mol. The smallest absolute Gasteiger partial charge is 0.306 e. The Hall–Kier alpha value is -1.65. The van der Waals surface area contributed by atoms with Crippen molar-refractivity contribution in [2.24, 2.45) is 5.92 Å². The molecule has 0 atom stereocenters. The van der Waals surface area contributed by atoms with E-state index >= 15 is 0 Å². The van der Waals surface area contributed by atoms with Crippen LogP contribution in [0.3, 0.4) is 0 Å². The number of nitrogens with zero attached hydrogens (tertiary/aromatic N) is 2. The Kier molecular flexibility index (Phi) is 3.24. The molecular weight excluding hydrogens is 230 g/mol. The molecule has 0 spiro atoms. The number of carboxylic acid groups (broad SMARTS) is 1. The van der Waals surface area contributed by atoms with Gasteiger partial charge >= 0.3 is 5.97 Å². The summed E-state index contributed by atoms with van der Waals surface area (Å²) in [6, 6.07) is 2.04. The molecule has 1 aromatic heterocycles. The Labute approximate surface area is 107 Å². The van der Waals surface area contributed by atoms with Gasteiger partial charge in [0.1, 0.15) is 11.6 Å². The van der Waals surface area contributed by atoms with Crippen molar-refractivity contribution in [3.63, 3.8) is 0 Å². The lowest BCUT2D eigenvalue weighted by Crippen LogP contribution is -2.39. The summed E-state index contributed by atoms with van der Waals surface area (Å²) in [5, 5.41) is 12.1. The number of aliphatic carboxylic acids is 1. The minimum absolute atomic E-state index is 0.0824. The summed E-state index contributed by atoms with van der Waals surface area (Å²) in [6.45, 7) is 6.20.